The summed E-state index contributed by atoms with van der Waals surface area (Å²) < 4.78 is 38.7. The number of halogens is 3. The van der Waals surface area contributed by atoms with Gasteiger partial charge in [0.05, 0.1) is 15.4 Å². The van der Waals surface area contributed by atoms with Gasteiger partial charge in [-0.25, -0.2) is 0 Å². The van der Waals surface area contributed by atoms with E-state index in [4.69, 9.17) is 0 Å². The fraction of sp³-hybridized carbons (Fsp3) is 0.0909. The Morgan fingerprint density at radius 2 is 1.95 bits per heavy atom. The summed E-state index contributed by atoms with van der Waals surface area (Å²) in [6.07, 6.45) is -3.96. The molecule has 0 unspecified atom stereocenters. The number of carbonyl (C=O) groups is 2. The van der Waals surface area contributed by atoms with Gasteiger partial charge in [0, 0.05) is 12.1 Å². The molecule has 0 spiro atoms. The van der Waals surface area contributed by atoms with E-state index in [0.29, 0.717) is 17.8 Å². The van der Waals surface area contributed by atoms with Crippen molar-refractivity contribution < 1.29 is 27.7 Å². The Hall–Kier alpha value is -2.36. The molecular formula is C11H5F3N2O4S. The Morgan fingerprint density at radius 3 is 2.43 bits per heavy atom. The number of benzene rings is 1. The minimum absolute atomic E-state index is 0.209. The molecule has 1 saturated heterocycles. The molecule has 1 aliphatic rings. The van der Waals surface area contributed by atoms with Crippen LogP contribution in [-0.2, 0) is 11.0 Å². The average molecular weight is 318 g/mol. The van der Waals surface area contributed by atoms with Crippen LogP contribution in [0.15, 0.2) is 23.1 Å². The predicted octanol–water partition coefficient (Wildman–Crippen LogP) is 2.94. The van der Waals surface area contributed by atoms with E-state index < -0.39 is 39.1 Å². The summed E-state index contributed by atoms with van der Waals surface area (Å²) in [7, 11) is 0. The molecule has 1 fully saturated rings. The third-order valence-electron chi connectivity index (χ3n) is 2.48. The van der Waals surface area contributed by atoms with Gasteiger partial charge in [-0.3, -0.25) is 25.0 Å². The van der Waals surface area contributed by atoms with Crippen LogP contribution in [0.5, 0.6) is 0 Å². The minimum Gasteiger partial charge on any atom is -0.282 e. The Morgan fingerprint density at radius 1 is 1.29 bits per heavy atom. The fourth-order valence-corrected chi connectivity index (χ4v) is 2.26. The number of nitrogens with zero attached hydrogens (tertiary/aromatic N) is 1. The van der Waals surface area contributed by atoms with E-state index in [2.05, 4.69) is 0 Å². The van der Waals surface area contributed by atoms with E-state index in [1.54, 1.807) is 0 Å². The van der Waals surface area contributed by atoms with Crippen LogP contribution in [0.4, 0.5) is 23.7 Å². The first kappa shape index (κ1) is 15.0. The lowest BCUT2D eigenvalue weighted by molar-refractivity contribution is -0.385. The smallest absolute Gasteiger partial charge is 0.282 e. The number of amides is 2. The summed E-state index contributed by atoms with van der Waals surface area (Å²) >= 11 is 0.459. The van der Waals surface area contributed by atoms with E-state index in [1.165, 1.54) is 0 Å². The molecule has 0 bridgehead atoms. The normalized spacial score (nSPS) is 17.2. The zero-order valence-corrected chi connectivity index (χ0v) is 10.7. The van der Waals surface area contributed by atoms with Crippen molar-refractivity contribution in [1.29, 1.82) is 0 Å². The minimum atomic E-state index is -4.83. The Bertz CT molecular complexity index is 685. The van der Waals surface area contributed by atoms with Crippen LogP contribution in [0.2, 0.25) is 0 Å². The molecule has 0 aliphatic carbocycles. The number of carbonyl (C=O) groups excluding carboxylic acids is 2. The molecule has 0 radical (unpaired) electrons. The maximum absolute atomic E-state index is 12.9. The summed E-state index contributed by atoms with van der Waals surface area (Å²) in [6, 6.07) is 2.15. The zero-order chi connectivity index (χ0) is 15.8. The van der Waals surface area contributed by atoms with Crippen LogP contribution in [0.25, 0.3) is 6.08 Å². The molecule has 0 atom stereocenters. The fourth-order valence-electron chi connectivity index (χ4n) is 1.59. The van der Waals surface area contributed by atoms with Crippen LogP contribution in [0.3, 0.4) is 0 Å². The number of non-ortho nitro benzene ring substituents is 1. The quantitative estimate of drug-likeness (QED) is 0.514. The van der Waals surface area contributed by atoms with Gasteiger partial charge in [0.2, 0.25) is 0 Å². The van der Waals surface area contributed by atoms with Gasteiger partial charge in [-0.2, -0.15) is 13.2 Å². The van der Waals surface area contributed by atoms with Gasteiger partial charge in [0.1, 0.15) is 0 Å². The van der Waals surface area contributed by atoms with Crippen molar-refractivity contribution in [2.45, 2.75) is 6.18 Å². The highest BCUT2D eigenvalue weighted by Crippen LogP contribution is 2.36. The van der Waals surface area contributed by atoms with Gasteiger partial charge in [-0.1, -0.05) is 0 Å². The summed E-state index contributed by atoms with van der Waals surface area (Å²) in [5.74, 6) is -0.809. The summed E-state index contributed by atoms with van der Waals surface area (Å²) in [4.78, 5) is 31.7. The first-order chi connectivity index (χ1) is 9.68. The number of hydrogen-bond acceptors (Lipinski definition) is 5. The summed E-state index contributed by atoms with van der Waals surface area (Å²) in [5, 5.41) is 11.8. The standard InChI is InChI=1S/C11H5F3N2O4S/c12-11(13,14)7-4-6(16(19)20)2-1-5(7)3-8-9(17)15-10(18)21-8/h1-4H,(H,15,17,18). The predicted molar refractivity (Wildman–Crippen MR) is 67.2 cm³/mol. The van der Waals surface area contributed by atoms with Crippen LogP contribution >= 0.6 is 11.8 Å². The number of hydrogen-bond donors (Lipinski definition) is 1. The third-order valence-corrected chi connectivity index (χ3v) is 3.29. The topological polar surface area (TPSA) is 89.3 Å². The van der Waals surface area contributed by atoms with Gasteiger partial charge >= 0.3 is 6.18 Å². The SMILES string of the molecule is O=C1NC(=O)C(=Cc2ccc([N+](=O)[O-])cc2C(F)(F)F)S1. The van der Waals surface area contributed by atoms with E-state index in [0.717, 1.165) is 18.2 Å². The van der Waals surface area contributed by atoms with Gasteiger partial charge in [0.15, 0.2) is 0 Å². The van der Waals surface area contributed by atoms with Crippen molar-refractivity contribution in [3.05, 3.63) is 44.3 Å². The second-order valence-corrected chi connectivity index (χ2v) is 4.89. The molecule has 0 saturated carbocycles. The van der Waals surface area contributed by atoms with E-state index in [-0.39, 0.29) is 4.91 Å². The number of nitro benzene ring substituents is 1. The van der Waals surface area contributed by atoms with Crippen LogP contribution in [0, 0.1) is 10.1 Å². The number of thioether (sulfide) groups is 1. The first-order valence-electron chi connectivity index (χ1n) is 5.29. The second kappa shape index (κ2) is 5.20. The van der Waals surface area contributed by atoms with Crippen molar-refractivity contribution in [1.82, 2.24) is 5.32 Å². The number of nitrogens with one attached hydrogen (secondary N) is 1. The lowest BCUT2D eigenvalue weighted by Crippen LogP contribution is -2.18. The summed E-state index contributed by atoms with van der Waals surface area (Å²) in [6.45, 7) is 0. The van der Waals surface area contributed by atoms with Crippen molar-refractivity contribution in [2.75, 3.05) is 0 Å². The van der Waals surface area contributed by atoms with E-state index in [9.17, 15) is 32.9 Å². The number of alkyl halides is 3. The van der Waals surface area contributed by atoms with Gasteiger partial charge < -0.3 is 0 Å². The van der Waals surface area contributed by atoms with Gasteiger partial charge in [0.25, 0.3) is 16.8 Å². The zero-order valence-electron chi connectivity index (χ0n) is 9.93. The van der Waals surface area contributed by atoms with Crippen molar-refractivity contribution in [3.63, 3.8) is 0 Å². The molecule has 21 heavy (non-hydrogen) atoms. The highest BCUT2D eigenvalue weighted by Gasteiger charge is 2.35. The lowest BCUT2D eigenvalue weighted by atomic mass is 10.1. The highest BCUT2D eigenvalue weighted by atomic mass is 32.2. The molecule has 0 aromatic heterocycles. The second-order valence-electron chi connectivity index (χ2n) is 3.88. The highest BCUT2D eigenvalue weighted by molar-refractivity contribution is 8.18. The Balaban J connectivity index is 2.54. The molecule has 110 valence electrons. The maximum atomic E-state index is 12.9. The van der Waals surface area contributed by atoms with E-state index in [1.807, 2.05) is 5.32 Å². The van der Waals surface area contributed by atoms with Gasteiger partial charge in [-0.15, -0.1) is 0 Å². The molecular weight excluding hydrogens is 313 g/mol. The molecule has 1 N–H and O–H groups in total. The number of nitro groups is 1. The monoisotopic (exact) mass is 318 g/mol. The molecule has 1 aliphatic heterocycles. The van der Waals surface area contributed by atoms with E-state index >= 15 is 0 Å². The third kappa shape index (κ3) is 3.21. The summed E-state index contributed by atoms with van der Waals surface area (Å²) in [5.41, 5.74) is -2.40. The van der Waals surface area contributed by atoms with Crippen molar-refractivity contribution in [3.8, 4) is 0 Å². The Kier molecular flexibility index (Phi) is 3.73. The maximum Gasteiger partial charge on any atom is 0.417 e. The van der Waals surface area contributed by atoms with Crippen molar-refractivity contribution in [2.24, 2.45) is 0 Å². The van der Waals surface area contributed by atoms with Gasteiger partial charge in [-0.05, 0) is 29.5 Å². The van der Waals surface area contributed by atoms with Crippen LogP contribution < -0.4 is 5.32 Å². The van der Waals surface area contributed by atoms with Crippen LogP contribution in [0.1, 0.15) is 11.1 Å². The van der Waals surface area contributed by atoms with Crippen LogP contribution in [-0.4, -0.2) is 16.1 Å². The Labute approximate surface area is 119 Å². The largest absolute Gasteiger partial charge is 0.417 e. The molecule has 1 aromatic carbocycles. The molecule has 1 heterocycles. The lowest BCUT2D eigenvalue weighted by Gasteiger charge is -2.10. The first-order valence-corrected chi connectivity index (χ1v) is 6.10. The molecule has 10 heteroatoms. The number of imide groups is 1. The number of rotatable bonds is 2. The molecule has 6 nitrogen and oxygen atoms in total. The average Bonchev–Trinajstić information content (AvgIpc) is 2.66. The molecule has 1 aromatic rings. The molecule has 2 rings (SSSR count). The van der Waals surface area contributed by atoms with Crippen molar-refractivity contribution >= 4 is 34.7 Å². The molecule has 2 amide bonds.